The third-order valence-electron chi connectivity index (χ3n) is 2.71. The van der Waals surface area contributed by atoms with Gasteiger partial charge in [-0.3, -0.25) is 4.79 Å². The molecular weight excluding hydrogens is 296 g/mol. The average Bonchev–Trinajstić information content (AvgIpc) is 2.75. The largest absolute Gasteiger partial charge is 0.324 e. The molecule has 0 radical (unpaired) electrons. The molecule has 0 saturated carbocycles. The molecule has 7 heteroatoms. The van der Waals surface area contributed by atoms with Crippen molar-refractivity contribution in [1.29, 1.82) is 0 Å². The van der Waals surface area contributed by atoms with Gasteiger partial charge in [-0.25, -0.2) is 4.98 Å². The van der Waals surface area contributed by atoms with Gasteiger partial charge in [-0.05, 0) is 21.8 Å². The van der Waals surface area contributed by atoms with Crippen LogP contribution in [0.3, 0.4) is 0 Å². The zero-order valence-electron chi connectivity index (χ0n) is 9.02. The number of aromatic nitrogens is 2. The Morgan fingerprint density at radius 2 is 2.35 bits per heavy atom. The molecule has 1 aliphatic heterocycles. The number of amides is 1. The van der Waals surface area contributed by atoms with E-state index in [9.17, 15) is 13.6 Å². The SMILES string of the molecule is O=C1CC(CC(F)(F)Br)CN1Cn1ccnc1. The summed E-state index contributed by atoms with van der Waals surface area (Å²) in [5.74, 6) is -0.374. The van der Waals surface area contributed by atoms with Gasteiger partial charge in [0.1, 0.15) is 0 Å². The lowest BCUT2D eigenvalue weighted by atomic mass is 10.1. The molecular formula is C10H12BrF2N3O. The van der Waals surface area contributed by atoms with Gasteiger partial charge in [0.15, 0.2) is 0 Å². The molecule has 1 aromatic rings. The van der Waals surface area contributed by atoms with Gasteiger partial charge in [-0.1, -0.05) is 0 Å². The summed E-state index contributed by atoms with van der Waals surface area (Å²) >= 11 is 2.31. The summed E-state index contributed by atoms with van der Waals surface area (Å²) < 4.78 is 27.3. The standard InChI is InChI=1S/C10H12BrF2N3O/c11-10(12,13)4-8-3-9(17)16(5-8)7-15-2-1-14-6-15/h1-2,6,8H,3-5,7H2. The molecule has 1 amide bonds. The van der Waals surface area contributed by atoms with Crippen molar-refractivity contribution in [3.8, 4) is 0 Å². The number of carbonyl (C=O) groups is 1. The van der Waals surface area contributed by atoms with Crippen LogP contribution in [0.1, 0.15) is 12.8 Å². The third-order valence-corrected chi connectivity index (χ3v) is 3.03. The summed E-state index contributed by atoms with van der Waals surface area (Å²) in [7, 11) is 0. The number of alkyl halides is 3. The van der Waals surface area contributed by atoms with Crippen LogP contribution in [0.15, 0.2) is 18.7 Å². The molecule has 2 rings (SSSR count). The molecule has 0 N–H and O–H groups in total. The first kappa shape index (κ1) is 12.5. The summed E-state index contributed by atoms with van der Waals surface area (Å²) in [6.07, 6.45) is 4.83. The Morgan fingerprint density at radius 3 is 2.94 bits per heavy atom. The highest BCUT2D eigenvalue weighted by atomic mass is 79.9. The maximum Gasteiger partial charge on any atom is 0.301 e. The van der Waals surface area contributed by atoms with Gasteiger partial charge >= 0.3 is 4.83 Å². The molecule has 1 fully saturated rings. The highest BCUT2D eigenvalue weighted by Gasteiger charge is 2.36. The summed E-state index contributed by atoms with van der Waals surface area (Å²) in [6, 6.07) is 0. The Bertz CT molecular complexity index is 391. The number of halogens is 3. The normalized spacial score (nSPS) is 21.2. The molecule has 0 aliphatic carbocycles. The highest BCUT2D eigenvalue weighted by molar-refractivity contribution is 9.09. The first-order valence-corrected chi connectivity index (χ1v) is 6.03. The Morgan fingerprint density at radius 1 is 1.59 bits per heavy atom. The minimum atomic E-state index is -2.89. The number of hydrogen-bond donors (Lipinski definition) is 0. The molecule has 0 spiro atoms. The molecule has 1 saturated heterocycles. The van der Waals surface area contributed by atoms with Crippen LogP contribution in [0.5, 0.6) is 0 Å². The maximum atomic E-state index is 12.8. The summed E-state index contributed by atoms with van der Waals surface area (Å²) in [6.45, 7) is 0.751. The van der Waals surface area contributed by atoms with Crippen LogP contribution in [0.25, 0.3) is 0 Å². The summed E-state index contributed by atoms with van der Waals surface area (Å²) in [4.78, 5) is 14.2. The second-order valence-electron chi connectivity index (χ2n) is 4.22. The van der Waals surface area contributed by atoms with E-state index >= 15 is 0 Å². The van der Waals surface area contributed by atoms with Crippen LogP contribution < -0.4 is 0 Å². The van der Waals surface area contributed by atoms with Gasteiger partial charge in [-0.15, -0.1) is 0 Å². The van der Waals surface area contributed by atoms with Crippen LogP contribution in [0, 0.1) is 5.92 Å². The minimum Gasteiger partial charge on any atom is -0.324 e. The summed E-state index contributed by atoms with van der Waals surface area (Å²) in [5.41, 5.74) is 0. The smallest absolute Gasteiger partial charge is 0.301 e. The second kappa shape index (κ2) is 4.72. The van der Waals surface area contributed by atoms with Crippen molar-refractivity contribution < 1.29 is 13.6 Å². The molecule has 1 aromatic heterocycles. The molecule has 0 bridgehead atoms. The number of nitrogens with zero attached hydrogens (tertiary/aromatic N) is 3. The predicted octanol–water partition coefficient (Wildman–Crippen LogP) is 2.07. The van der Waals surface area contributed by atoms with E-state index in [1.165, 1.54) is 0 Å². The van der Waals surface area contributed by atoms with Crippen molar-refractivity contribution >= 4 is 21.8 Å². The molecule has 0 aromatic carbocycles. The van der Waals surface area contributed by atoms with Crippen LogP contribution >= 0.6 is 15.9 Å². The molecule has 2 heterocycles. The monoisotopic (exact) mass is 307 g/mol. The van der Waals surface area contributed by atoms with Gasteiger partial charge in [0.05, 0.1) is 13.0 Å². The van der Waals surface area contributed by atoms with E-state index < -0.39 is 4.83 Å². The zero-order chi connectivity index (χ0) is 12.5. The lowest BCUT2D eigenvalue weighted by Crippen LogP contribution is -2.27. The average molecular weight is 308 g/mol. The second-order valence-corrected chi connectivity index (χ2v) is 5.38. The van der Waals surface area contributed by atoms with E-state index in [1.807, 2.05) is 0 Å². The first-order chi connectivity index (χ1) is 7.94. The lowest BCUT2D eigenvalue weighted by molar-refractivity contribution is -0.129. The third kappa shape index (κ3) is 3.49. The van der Waals surface area contributed by atoms with Crippen molar-refractivity contribution in [2.75, 3.05) is 6.54 Å². The fourth-order valence-corrected chi connectivity index (χ4v) is 2.48. The predicted molar refractivity (Wildman–Crippen MR) is 60.5 cm³/mol. The molecule has 4 nitrogen and oxygen atoms in total. The van der Waals surface area contributed by atoms with E-state index in [4.69, 9.17) is 0 Å². The first-order valence-electron chi connectivity index (χ1n) is 5.24. The van der Waals surface area contributed by atoms with E-state index in [0.29, 0.717) is 13.2 Å². The van der Waals surface area contributed by atoms with Crippen LogP contribution in [0.2, 0.25) is 0 Å². The van der Waals surface area contributed by atoms with Gasteiger partial charge in [0.2, 0.25) is 5.91 Å². The lowest BCUT2D eigenvalue weighted by Gasteiger charge is -2.18. The molecule has 1 unspecified atom stereocenters. The van der Waals surface area contributed by atoms with E-state index in [0.717, 1.165) is 0 Å². The van der Waals surface area contributed by atoms with Crippen molar-refractivity contribution in [3.05, 3.63) is 18.7 Å². The van der Waals surface area contributed by atoms with Crippen LogP contribution in [-0.4, -0.2) is 31.7 Å². The number of carbonyl (C=O) groups excluding carboxylic acids is 1. The van der Waals surface area contributed by atoms with E-state index in [1.54, 1.807) is 28.2 Å². The fraction of sp³-hybridized carbons (Fsp3) is 0.600. The van der Waals surface area contributed by atoms with Crippen LogP contribution in [0.4, 0.5) is 8.78 Å². The number of rotatable bonds is 4. The topological polar surface area (TPSA) is 38.1 Å². The molecule has 17 heavy (non-hydrogen) atoms. The maximum absolute atomic E-state index is 12.8. The molecule has 1 atom stereocenters. The molecule has 94 valence electrons. The van der Waals surface area contributed by atoms with Gasteiger partial charge < -0.3 is 9.47 Å². The van der Waals surface area contributed by atoms with E-state index in [-0.39, 0.29) is 24.7 Å². The summed E-state index contributed by atoms with van der Waals surface area (Å²) in [5, 5.41) is 0. The molecule has 1 aliphatic rings. The van der Waals surface area contributed by atoms with Crippen LogP contribution in [-0.2, 0) is 11.5 Å². The quantitative estimate of drug-likeness (QED) is 0.799. The Hall–Kier alpha value is -0.980. The van der Waals surface area contributed by atoms with Crippen molar-refractivity contribution in [3.63, 3.8) is 0 Å². The number of likely N-dealkylation sites (tertiary alicyclic amines) is 1. The zero-order valence-corrected chi connectivity index (χ0v) is 10.6. The highest BCUT2D eigenvalue weighted by Crippen LogP contribution is 2.34. The van der Waals surface area contributed by atoms with E-state index in [2.05, 4.69) is 20.9 Å². The van der Waals surface area contributed by atoms with Crippen molar-refractivity contribution in [1.82, 2.24) is 14.5 Å². The Balaban J connectivity index is 1.91. The Kier molecular flexibility index (Phi) is 3.46. The number of imidazole rings is 1. The van der Waals surface area contributed by atoms with Gasteiger partial charge in [0, 0.05) is 31.8 Å². The minimum absolute atomic E-state index is 0.0829. The fourth-order valence-electron chi connectivity index (χ4n) is 2.02. The van der Waals surface area contributed by atoms with Crippen molar-refractivity contribution in [2.24, 2.45) is 5.92 Å². The Labute approximate surface area is 106 Å². The number of hydrogen-bond acceptors (Lipinski definition) is 2. The van der Waals surface area contributed by atoms with Crippen molar-refractivity contribution in [2.45, 2.75) is 24.3 Å². The van der Waals surface area contributed by atoms with Gasteiger partial charge in [-0.2, -0.15) is 8.78 Å². The van der Waals surface area contributed by atoms with Gasteiger partial charge in [0.25, 0.3) is 0 Å².